The van der Waals surface area contributed by atoms with Gasteiger partial charge in [0.2, 0.25) is 5.95 Å². The van der Waals surface area contributed by atoms with Gasteiger partial charge in [0, 0.05) is 5.56 Å². The fourth-order valence-electron chi connectivity index (χ4n) is 2.49. The van der Waals surface area contributed by atoms with Crippen molar-refractivity contribution < 1.29 is 9.53 Å². The molecule has 3 aromatic rings. The molecule has 0 aliphatic carbocycles. The highest BCUT2D eigenvalue weighted by atomic mass is 35.5. The van der Waals surface area contributed by atoms with Crippen LogP contribution in [0.5, 0.6) is 0 Å². The summed E-state index contributed by atoms with van der Waals surface area (Å²) in [5.41, 5.74) is 3.68. The summed E-state index contributed by atoms with van der Waals surface area (Å²) in [4.78, 5) is 30.5. The molecule has 1 aromatic heterocycles. The second-order valence-electron chi connectivity index (χ2n) is 5.72. The lowest BCUT2D eigenvalue weighted by Crippen LogP contribution is -2.16. The normalized spacial score (nSPS) is 10.5. The number of nitriles is 1. The van der Waals surface area contributed by atoms with E-state index in [0.29, 0.717) is 11.1 Å². The Kier molecular flexibility index (Phi) is 6.02. The number of hydrogen-bond donors (Lipinski definition) is 2. The van der Waals surface area contributed by atoms with Gasteiger partial charge in [0.05, 0.1) is 29.6 Å². The number of nitrogens with zero attached hydrogens (tertiary/aromatic N) is 3. The number of methoxy groups -OCH3 is 1. The Morgan fingerprint density at radius 1 is 1.31 bits per heavy atom. The first-order chi connectivity index (χ1) is 14.0. The molecule has 0 aliphatic heterocycles. The van der Waals surface area contributed by atoms with Gasteiger partial charge < -0.3 is 4.74 Å². The molecule has 8 nitrogen and oxygen atoms in total. The van der Waals surface area contributed by atoms with Crippen LogP contribution in [0.4, 0.5) is 5.95 Å². The minimum absolute atomic E-state index is 0.0707. The van der Waals surface area contributed by atoms with Gasteiger partial charge in [-0.25, -0.2) is 15.2 Å². The minimum Gasteiger partial charge on any atom is -0.465 e. The molecule has 0 aliphatic rings. The summed E-state index contributed by atoms with van der Waals surface area (Å²) in [5, 5.41) is 13.5. The quantitative estimate of drug-likeness (QED) is 0.380. The van der Waals surface area contributed by atoms with Crippen molar-refractivity contribution in [1.82, 2.24) is 9.97 Å². The van der Waals surface area contributed by atoms with Crippen LogP contribution in [-0.2, 0) is 4.74 Å². The largest absolute Gasteiger partial charge is 0.465 e. The molecule has 0 saturated carbocycles. The number of ether oxygens (including phenoxy) is 1. The number of aromatic amines is 1. The average molecular weight is 408 g/mol. The maximum Gasteiger partial charge on any atom is 0.339 e. The molecule has 144 valence electrons. The van der Waals surface area contributed by atoms with Gasteiger partial charge in [0.1, 0.15) is 11.6 Å². The Bertz CT molecular complexity index is 1180. The highest BCUT2D eigenvalue weighted by Gasteiger charge is 2.13. The molecule has 0 fully saturated rings. The second-order valence-corrected chi connectivity index (χ2v) is 6.12. The van der Waals surface area contributed by atoms with Gasteiger partial charge in [-0.05, 0) is 17.7 Å². The topological polar surface area (TPSA) is 120 Å². The van der Waals surface area contributed by atoms with Crippen molar-refractivity contribution in [1.29, 1.82) is 5.26 Å². The number of esters is 1. The molecule has 0 atom stereocenters. The highest BCUT2D eigenvalue weighted by molar-refractivity contribution is 6.33. The number of H-pyrrole nitrogens is 1. The summed E-state index contributed by atoms with van der Waals surface area (Å²) in [7, 11) is 1.27. The van der Waals surface area contributed by atoms with Gasteiger partial charge in [-0.2, -0.15) is 10.4 Å². The van der Waals surface area contributed by atoms with E-state index in [9.17, 15) is 14.9 Å². The standard InChI is InChI=1S/C20H14ClN5O3/c1-29-19(28)14-8-7-12(9-16(14)21)11-23-26-20-24-17(13-5-3-2-4-6-13)15(10-22)18(27)25-20/h2-9,11H,1H3,(H2,24,25,26,27). The van der Waals surface area contributed by atoms with E-state index in [2.05, 4.69) is 25.2 Å². The first-order valence-electron chi connectivity index (χ1n) is 8.30. The van der Waals surface area contributed by atoms with Gasteiger partial charge in [0.25, 0.3) is 5.56 Å². The lowest BCUT2D eigenvalue weighted by atomic mass is 10.1. The van der Waals surface area contributed by atoms with Crippen molar-refractivity contribution in [3.63, 3.8) is 0 Å². The summed E-state index contributed by atoms with van der Waals surface area (Å²) < 4.78 is 4.64. The molecule has 0 radical (unpaired) electrons. The molecule has 1 heterocycles. The third-order valence-corrected chi connectivity index (χ3v) is 4.17. The minimum atomic E-state index is -0.579. The van der Waals surface area contributed by atoms with E-state index in [1.807, 2.05) is 12.1 Å². The fourth-order valence-corrected chi connectivity index (χ4v) is 2.76. The zero-order valence-corrected chi connectivity index (χ0v) is 15.9. The van der Waals surface area contributed by atoms with E-state index >= 15 is 0 Å². The van der Waals surface area contributed by atoms with E-state index in [0.717, 1.165) is 0 Å². The summed E-state index contributed by atoms with van der Waals surface area (Å²) in [6.45, 7) is 0. The van der Waals surface area contributed by atoms with Crippen LogP contribution in [0.2, 0.25) is 5.02 Å². The van der Waals surface area contributed by atoms with Crippen LogP contribution in [-0.4, -0.2) is 29.3 Å². The van der Waals surface area contributed by atoms with Gasteiger partial charge in [-0.15, -0.1) is 0 Å². The van der Waals surface area contributed by atoms with Crippen LogP contribution < -0.4 is 11.0 Å². The summed E-state index contributed by atoms with van der Waals surface area (Å²) in [5.74, 6) is -0.467. The maximum absolute atomic E-state index is 12.2. The lowest BCUT2D eigenvalue weighted by molar-refractivity contribution is 0.0601. The zero-order valence-electron chi connectivity index (χ0n) is 15.1. The third kappa shape index (κ3) is 4.48. The number of carbonyl (C=O) groups is 1. The number of halogens is 1. The fraction of sp³-hybridized carbons (Fsp3) is 0.0500. The number of hydrogen-bond acceptors (Lipinski definition) is 7. The molecule has 2 N–H and O–H groups in total. The van der Waals surface area contributed by atoms with Crippen molar-refractivity contribution in [2.24, 2.45) is 5.10 Å². The molecule has 3 rings (SSSR count). The average Bonchev–Trinajstić information content (AvgIpc) is 2.73. The Hall–Kier alpha value is -3.96. The predicted molar refractivity (Wildman–Crippen MR) is 109 cm³/mol. The number of hydrazone groups is 1. The van der Waals surface area contributed by atoms with Gasteiger partial charge in [-0.1, -0.05) is 48.0 Å². The summed E-state index contributed by atoms with van der Waals surface area (Å²) >= 11 is 6.07. The summed E-state index contributed by atoms with van der Waals surface area (Å²) in [6, 6.07) is 15.5. The molecule has 9 heteroatoms. The van der Waals surface area contributed by atoms with Crippen molar-refractivity contribution in [2.75, 3.05) is 12.5 Å². The third-order valence-electron chi connectivity index (χ3n) is 3.86. The molecule has 0 bridgehead atoms. The molecule has 0 spiro atoms. The molecule has 0 unspecified atom stereocenters. The molecule has 0 saturated heterocycles. The number of rotatable bonds is 5. The maximum atomic E-state index is 12.2. The van der Waals surface area contributed by atoms with Crippen LogP contribution >= 0.6 is 11.6 Å². The molecular weight excluding hydrogens is 394 g/mol. The first kappa shape index (κ1) is 19.8. The number of anilines is 1. The highest BCUT2D eigenvalue weighted by Crippen LogP contribution is 2.20. The van der Waals surface area contributed by atoms with Crippen LogP contribution in [0.3, 0.4) is 0 Å². The summed E-state index contributed by atoms with van der Waals surface area (Å²) in [6.07, 6.45) is 1.44. The number of nitrogens with one attached hydrogen (secondary N) is 2. The smallest absolute Gasteiger partial charge is 0.339 e. The van der Waals surface area contributed by atoms with E-state index in [1.165, 1.54) is 19.4 Å². The van der Waals surface area contributed by atoms with Crippen LogP contribution in [0.15, 0.2) is 58.4 Å². The van der Waals surface area contributed by atoms with Crippen molar-refractivity contribution in [3.05, 3.63) is 80.6 Å². The second kappa shape index (κ2) is 8.82. The lowest BCUT2D eigenvalue weighted by Gasteiger charge is -2.06. The zero-order chi connectivity index (χ0) is 20.8. The Morgan fingerprint density at radius 3 is 2.72 bits per heavy atom. The van der Waals surface area contributed by atoms with E-state index in [1.54, 1.807) is 36.4 Å². The van der Waals surface area contributed by atoms with E-state index < -0.39 is 11.5 Å². The molecule has 29 heavy (non-hydrogen) atoms. The first-order valence-corrected chi connectivity index (χ1v) is 8.68. The SMILES string of the molecule is COC(=O)c1ccc(C=NNc2nc(-c3ccccc3)c(C#N)c(=O)[nH]2)cc1Cl. The Balaban J connectivity index is 1.85. The van der Waals surface area contributed by atoms with Gasteiger partial charge >= 0.3 is 5.97 Å². The molecule has 2 aromatic carbocycles. The van der Waals surface area contributed by atoms with Crippen LogP contribution in [0.25, 0.3) is 11.3 Å². The van der Waals surface area contributed by atoms with E-state index in [-0.39, 0.29) is 27.8 Å². The van der Waals surface area contributed by atoms with E-state index in [4.69, 9.17) is 11.6 Å². The number of aromatic nitrogens is 2. The predicted octanol–water partition coefficient (Wildman–Crippen LogP) is 3.19. The van der Waals surface area contributed by atoms with Crippen molar-refractivity contribution in [2.45, 2.75) is 0 Å². The van der Waals surface area contributed by atoms with Crippen molar-refractivity contribution >= 4 is 29.7 Å². The monoisotopic (exact) mass is 407 g/mol. The van der Waals surface area contributed by atoms with Gasteiger partial charge in [-0.3, -0.25) is 9.78 Å². The Morgan fingerprint density at radius 2 is 2.07 bits per heavy atom. The van der Waals surface area contributed by atoms with Gasteiger partial charge in [0.15, 0.2) is 0 Å². The molecular formula is C20H14ClN5O3. The number of benzene rings is 2. The Labute approximate surface area is 170 Å². The van der Waals surface area contributed by atoms with Crippen LogP contribution in [0, 0.1) is 11.3 Å². The van der Waals surface area contributed by atoms with Crippen LogP contribution in [0.1, 0.15) is 21.5 Å². The number of carbonyl (C=O) groups excluding carboxylic acids is 1. The van der Waals surface area contributed by atoms with Crippen molar-refractivity contribution in [3.8, 4) is 17.3 Å². The molecule has 0 amide bonds.